The standard InChI is InChI=1S/2C26H44O4/c1-3-14-24-22(15-10-6-4-8-12-17-25(27)28)20-19-21(2)23(24)16-11-7-5-9-13-18-26(29)30;1-3-18-24(20-15-11-8-9-13-17-22-26(29)30)23(2)19-14-10-6-4-5-7-12-16-21-25(27)28/h3,19-24H,1,4-18H2,2H3,(H,27,28)(H,29,30);3,10,14,19,24H,1,4-9,11-13,15-18,20-22H2,2H3,(H,27,28)(H,29,30)/b;14-10+,23-19-. The van der Waals surface area contributed by atoms with Crippen molar-refractivity contribution in [3.05, 3.63) is 61.3 Å². The number of hydrogen-bond acceptors (Lipinski definition) is 4. The molecule has 4 N–H and O–H groups in total. The fourth-order valence-corrected chi connectivity index (χ4v) is 8.64. The molecule has 0 saturated carbocycles. The molecule has 344 valence electrons. The maximum absolute atomic E-state index is 10.6. The Balaban J connectivity index is 0.00000116. The lowest BCUT2D eigenvalue weighted by molar-refractivity contribution is -0.138. The molecule has 1 aliphatic carbocycles. The zero-order chi connectivity index (χ0) is 44.6. The summed E-state index contributed by atoms with van der Waals surface area (Å²) >= 11 is 0. The van der Waals surface area contributed by atoms with Crippen molar-refractivity contribution in [2.24, 2.45) is 29.6 Å². The largest absolute Gasteiger partial charge is 0.481 e. The van der Waals surface area contributed by atoms with Crippen molar-refractivity contribution in [2.45, 2.75) is 213 Å². The Morgan fingerprint density at radius 2 is 0.983 bits per heavy atom. The van der Waals surface area contributed by atoms with E-state index in [0.29, 0.717) is 55.3 Å². The molecule has 0 aromatic rings. The quantitative estimate of drug-likeness (QED) is 0.0271. The van der Waals surface area contributed by atoms with Gasteiger partial charge in [0.2, 0.25) is 0 Å². The first-order valence-corrected chi connectivity index (χ1v) is 24.0. The summed E-state index contributed by atoms with van der Waals surface area (Å²) in [5.41, 5.74) is 1.42. The number of allylic oxidation sites excluding steroid dienone is 8. The average Bonchev–Trinajstić information content (AvgIpc) is 3.19. The number of carboxylic acids is 4. The van der Waals surface area contributed by atoms with Gasteiger partial charge < -0.3 is 20.4 Å². The van der Waals surface area contributed by atoms with Crippen LogP contribution in [0.4, 0.5) is 0 Å². The van der Waals surface area contributed by atoms with Crippen LogP contribution in [0.25, 0.3) is 0 Å². The molecular weight excluding hydrogens is 753 g/mol. The molecule has 60 heavy (non-hydrogen) atoms. The summed E-state index contributed by atoms with van der Waals surface area (Å²) in [5.74, 6) is 0.469. The zero-order valence-electron chi connectivity index (χ0n) is 38.2. The van der Waals surface area contributed by atoms with Gasteiger partial charge in [0, 0.05) is 25.7 Å². The minimum absolute atomic E-state index is 0.294. The lowest BCUT2D eigenvalue weighted by Gasteiger charge is -2.39. The van der Waals surface area contributed by atoms with E-state index in [9.17, 15) is 19.2 Å². The number of rotatable bonds is 39. The lowest BCUT2D eigenvalue weighted by Crippen LogP contribution is -2.30. The van der Waals surface area contributed by atoms with Gasteiger partial charge in [0.25, 0.3) is 0 Å². The molecule has 8 heteroatoms. The normalized spacial score (nSPS) is 18.1. The van der Waals surface area contributed by atoms with Crippen LogP contribution >= 0.6 is 0 Å². The SMILES string of the molecule is C=CCC(CCCCCCCCC(=O)O)/C(C)=C\C=C\CCCCCCCC(=O)O.C=CCC1C(CCCCCCCC(=O)O)C=CC(C)C1CCCCCCCC(=O)O. The third-order valence-corrected chi connectivity index (χ3v) is 12.3. The van der Waals surface area contributed by atoms with Crippen LogP contribution in [0.15, 0.2) is 61.3 Å². The molecule has 5 unspecified atom stereocenters. The van der Waals surface area contributed by atoms with Gasteiger partial charge in [-0.05, 0) is 107 Å². The molecule has 0 aromatic carbocycles. The summed E-state index contributed by atoms with van der Waals surface area (Å²) in [5, 5.41) is 34.7. The summed E-state index contributed by atoms with van der Waals surface area (Å²) < 4.78 is 0. The number of aliphatic carboxylic acids is 4. The fourth-order valence-electron chi connectivity index (χ4n) is 8.64. The second kappa shape index (κ2) is 39.7. The molecule has 0 bridgehead atoms. The van der Waals surface area contributed by atoms with Crippen molar-refractivity contribution in [3.63, 3.8) is 0 Å². The van der Waals surface area contributed by atoms with Crippen molar-refractivity contribution in [2.75, 3.05) is 0 Å². The Bertz CT molecular complexity index is 1230. The van der Waals surface area contributed by atoms with Gasteiger partial charge in [-0.2, -0.15) is 0 Å². The first-order chi connectivity index (χ1) is 28.9. The van der Waals surface area contributed by atoms with Crippen LogP contribution in [0.1, 0.15) is 213 Å². The van der Waals surface area contributed by atoms with E-state index in [2.05, 4.69) is 63.5 Å². The van der Waals surface area contributed by atoms with Gasteiger partial charge >= 0.3 is 23.9 Å². The maximum Gasteiger partial charge on any atom is 0.303 e. The Hall–Kier alpha value is -3.42. The highest BCUT2D eigenvalue weighted by molar-refractivity contribution is 5.67. The Morgan fingerprint density at radius 3 is 1.45 bits per heavy atom. The number of hydrogen-bond donors (Lipinski definition) is 4. The maximum atomic E-state index is 10.6. The van der Waals surface area contributed by atoms with Crippen molar-refractivity contribution in [3.8, 4) is 0 Å². The van der Waals surface area contributed by atoms with Gasteiger partial charge in [-0.1, -0.05) is 158 Å². The highest BCUT2D eigenvalue weighted by atomic mass is 16.4. The van der Waals surface area contributed by atoms with E-state index in [0.717, 1.165) is 96.3 Å². The lowest BCUT2D eigenvalue weighted by atomic mass is 9.66. The summed E-state index contributed by atoms with van der Waals surface area (Å²) in [4.78, 5) is 42.1. The topological polar surface area (TPSA) is 149 Å². The molecule has 1 rings (SSSR count). The average molecular weight is 841 g/mol. The van der Waals surface area contributed by atoms with Gasteiger partial charge in [-0.25, -0.2) is 0 Å². The van der Waals surface area contributed by atoms with Gasteiger partial charge in [0.05, 0.1) is 0 Å². The molecule has 0 radical (unpaired) electrons. The van der Waals surface area contributed by atoms with Gasteiger partial charge in [0.1, 0.15) is 0 Å². The van der Waals surface area contributed by atoms with Crippen molar-refractivity contribution in [1.29, 1.82) is 0 Å². The van der Waals surface area contributed by atoms with Crippen molar-refractivity contribution < 1.29 is 39.6 Å². The Kier molecular flexibility index (Phi) is 37.4. The van der Waals surface area contributed by atoms with Crippen LogP contribution in [0.5, 0.6) is 0 Å². The summed E-state index contributed by atoms with van der Waals surface area (Å²) in [6.45, 7) is 12.5. The second-order valence-electron chi connectivity index (χ2n) is 17.5. The van der Waals surface area contributed by atoms with E-state index in [1.165, 1.54) is 82.6 Å². The van der Waals surface area contributed by atoms with Gasteiger partial charge in [0.15, 0.2) is 0 Å². The second-order valence-corrected chi connectivity index (χ2v) is 17.5. The molecule has 5 atom stereocenters. The summed E-state index contributed by atoms with van der Waals surface area (Å²) in [7, 11) is 0. The third-order valence-electron chi connectivity index (χ3n) is 12.3. The molecule has 0 saturated heterocycles. The van der Waals surface area contributed by atoms with Crippen LogP contribution in [-0.4, -0.2) is 44.3 Å². The first-order valence-electron chi connectivity index (χ1n) is 24.0. The van der Waals surface area contributed by atoms with Gasteiger partial charge in [-0.15, -0.1) is 13.2 Å². The van der Waals surface area contributed by atoms with Crippen molar-refractivity contribution in [1.82, 2.24) is 0 Å². The third kappa shape index (κ3) is 34.3. The van der Waals surface area contributed by atoms with Crippen LogP contribution in [0.3, 0.4) is 0 Å². The number of carbonyl (C=O) groups is 4. The highest BCUT2D eigenvalue weighted by Gasteiger charge is 2.32. The Labute approximate surface area is 366 Å². The summed E-state index contributed by atoms with van der Waals surface area (Å²) in [6.07, 6.45) is 46.3. The molecule has 0 amide bonds. The predicted octanol–water partition coefficient (Wildman–Crippen LogP) is 14.9. The van der Waals surface area contributed by atoms with E-state index < -0.39 is 23.9 Å². The molecule has 0 spiro atoms. The van der Waals surface area contributed by atoms with E-state index in [-0.39, 0.29) is 0 Å². The minimum atomic E-state index is -0.692. The smallest absolute Gasteiger partial charge is 0.303 e. The number of carboxylic acid groups (broad SMARTS) is 4. The van der Waals surface area contributed by atoms with Gasteiger partial charge in [-0.3, -0.25) is 19.2 Å². The zero-order valence-corrected chi connectivity index (χ0v) is 38.2. The van der Waals surface area contributed by atoms with Crippen LogP contribution in [0, 0.1) is 29.6 Å². The fraction of sp³-hybridized carbons (Fsp3) is 0.731. The predicted molar refractivity (Wildman–Crippen MR) is 249 cm³/mol. The molecule has 1 aliphatic rings. The molecule has 0 fully saturated rings. The Morgan fingerprint density at radius 1 is 0.550 bits per heavy atom. The molecule has 0 aliphatic heterocycles. The summed E-state index contributed by atoms with van der Waals surface area (Å²) in [6, 6.07) is 0. The molecule has 8 nitrogen and oxygen atoms in total. The number of unbranched alkanes of at least 4 members (excludes halogenated alkanes) is 18. The minimum Gasteiger partial charge on any atom is -0.481 e. The van der Waals surface area contributed by atoms with Crippen LogP contribution in [-0.2, 0) is 19.2 Å². The monoisotopic (exact) mass is 841 g/mol. The first kappa shape index (κ1) is 56.6. The van der Waals surface area contributed by atoms with E-state index in [4.69, 9.17) is 20.4 Å². The molecule has 0 aromatic heterocycles. The van der Waals surface area contributed by atoms with E-state index >= 15 is 0 Å². The van der Waals surface area contributed by atoms with E-state index in [1.54, 1.807) is 0 Å². The van der Waals surface area contributed by atoms with Crippen LogP contribution in [0.2, 0.25) is 0 Å². The van der Waals surface area contributed by atoms with Crippen LogP contribution < -0.4 is 0 Å². The van der Waals surface area contributed by atoms with Crippen molar-refractivity contribution >= 4 is 23.9 Å². The highest BCUT2D eigenvalue weighted by Crippen LogP contribution is 2.42. The van der Waals surface area contributed by atoms with E-state index in [1.807, 2.05) is 6.08 Å². The molecule has 0 heterocycles. The molecular formula is C52H88O8.